The highest BCUT2D eigenvalue weighted by Gasteiger charge is 2.31. The highest BCUT2D eigenvalue weighted by Crippen LogP contribution is 2.69. The quantitative estimate of drug-likeness (QED) is 0.257. The fourth-order valence-corrected chi connectivity index (χ4v) is 6.82. The zero-order valence-electron chi connectivity index (χ0n) is 13.1. The molecule has 0 aliphatic rings. The molecular formula is C13H17N2O4PS4. The second kappa shape index (κ2) is 10.7. The predicted octanol–water partition coefficient (Wildman–Crippen LogP) is 5.69. The Kier molecular flexibility index (Phi) is 8.96. The average molecular weight is 425 g/mol. The number of thioether (sulfide) groups is 1. The zero-order valence-corrected chi connectivity index (χ0v) is 17.3. The Bertz CT molecular complexity index is 646. The van der Waals surface area contributed by atoms with Crippen molar-refractivity contribution in [1.82, 2.24) is 9.36 Å². The summed E-state index contributed by atoms with van der Waals surface area (Å²) in [6.45, 7) is 4.44. The van der Waals surface area contributed by atoms with Crippen molar-refractivity contribution in [2.45, 2.75) is 23.9 Å². The summed E-state index contributed by atoms with van der Waals surface area (Å²) in [7, 11) is 0. The minimum atomic E-state index is -3.28. The lowest BCUT2D eigenvalue weighted by Crippen LogP contribution is -1.91. The Morgan fingerprint density at radius 3 is 2.42 bits per heavy atom. The van der Waals surface area contributed by atoms with Crippen LogP contribution in [-0.2, 0) is 18.7 Å². The molecule has 2 rings (SSSR count). The van der Waals surface area contributed by atoms with E-state index in [1.807, 2.05) is 32.0 Å². The van der Waals surface area contributed by atoms with Gasteiger partial charge in [0.2, 0.25) is 0 Å². The number of aromatic nitrogens is 2. The highest BCUT2D eigenvalue weighted by molar-refractivity contribution is 8.87. The van der Waals surface area contributed by atoms with E-state index in [9.17, 15) is 4.57 Å². The number of hydrogen-bond acceptors (Lipinski definition) is 10. The Hall–Kier alpha value is -0.220. The van der Waals surface area contributed by atoms with Crippen LogP contribution in [0.4, 0.5) is 0 Å². The molecule has 11 heteroatoms. The van der Waals surface area contributed by atoms with Gasteiger partial charge in [0, 0.05) is 5.75 Å². The van der Waals surface area contributed by atoms with Crippen LogP contribution < -0.4 is 4.52 Å². The summed E-state index contributed by atoms with van der Waals surface area (Å²) in [5, 5.41) is 0. The molecular weight excluding hydrogens is 407 g/mol. The van der Waals surface area contributed by atoms with E-state index >= 15 is 0 Å². The van der Waals surface area contributed by atoms with E-state index in [4.69, 9.17) is 12.9 Å². The SMILES string of the molecule is CCOSP(=O)(Oc1nsc(SCc2ccccc2)n1)SOCC. The Labute approximate surface area is 158 Å². The standard InChI is InChI=1S/C13H17N2O4PS4/c1-3-17-23-20(16,24-18-4-2)19-12-14-13(22-15-12)21-10-11-8-6-5-7-9-11/h5-9H,3-4,10H2,1-2H3. The third-order valence-corrected chi connectivity index (χ3v) is 8.90. The normalized spacial score (nSPS) is 11.6. The molecule has 0 aliphatic heterocycles. The van der Waals surface area contributed by atoms with Crippen LogP contribution in [0.2, 0.25) is 0 Å². The molecule has 1 aromatic heterocycles. The molecule has 0 spiro atoms. The summed E-state index contributed by atoms with van der Waals surface area (Å²) in [6, 6.07) is 10.2. The van der Waals surface area contributed by atoms with Crippen molar-refractivity contribution in [3.63, 3.8) is 0 Å². The maximum atomic E-state index is 12.7. The van der Waals surface area contributed by atoms with Crippen molar-refractivity contribution < 1.29 is 17.5 Å². The Morgan fingerprint density at radius 2 is 1.79 bits per heavy atom. The van der Waals surface area contributed by atoms with E-state index in [1.165, 1.54) is 17.1 Å². The second-order valence-corrected chi connectivity index (χ2v) is 12.4. The second-order valence-electron chi connectivity index (χ2n) is 4.12. The van der Waals surface area contributed by atoms with Crippen molar-refractivity contribution in [2.24, 2.45) is 0 Å². The van der Waals surface area contributed by atoms with Crippen LogP contribution in [0, 0.1) is 0 Å². The molecule has 0 amide bonds. The minimum absolute atomic E-state index is 0.0818. The van der Waals surface area contributed by atoms with Gasteiger partial charge in [-0.15, -0.1) is 4.37 Å². The molecule has 0 unspecified atom stereocenters. The van der Waals surface area contributed by atoms with Gasteiger partial charge in [-0.25, -0.2) is 4.57 Å². The molecule has 2 aromatic rings. The van der Waals surface area contributed by atoms with Gasteiger partial charge in [0.25, 0.3) is 0 Å². The smallest absolute Gasteiger partial charge is 0.391 e. The van der Waals surface area contributed by atoms with Gasteiger partial charge in [-0.2, -0.15) is 4.98 Å². The molecule has 0 aliphatic carbocycles. The van der Waals surface area contributed by atoms with E-state index in [2.05, 4.69) is 21.5 Å². The van der Waals surface area contributed by atoms with Gasteiger partial charge in [-0.1, -0.05) is 42.1 Å². The summed E-state index contributed by atoms with van der Waals surface area (Å²) >= 11 is 4.30. The van der Waals surface area contributed by atoms with Crippen LogP contribution in [0.3, 0.4) is 0 Å². The first kappa shape index (κ1) is 20.1. The lowest BCUT2D eigenvalue weighted by Gasteiger charge is -2.13. The first-order valence-electron chi connectivity index (χ1n) is 7.07. The van der Waals surface area contributed by atoms with Crippen molar-refractivity contribution >= 4 is 52.4 Å². The minimum Gasteiger partial charge on any atom is -0.391 e. The maximum absolute atomic E-state index is 12.7. The van der Waals surface area contributed by atoms with Gasteiger partial charge in [-0.05, 0) is 30.9 Å². The van der Waals surface area contributed by atoms with Crippen LogP contribution >= 0.6 is 52.4 Å². The van der Waals surface area contributed by atoms with E-state index < -0.39 is 5.77 Å². The van der Waals surface area contributed by atoms with Crippen LogP contribution in [0.15, 0.2) is 34.7 Å². The first-order chi connectivity index (χ1) is 11.6. The molecule has 1 heterocycles. The van der Waals surface area contributed by atoms with Crippen molar-refractivity contribution in [3.8, 4) is 6.01 Å². The molecule has 0 fully saturated rings. The van der Waals surface area contributed by atoms with E-state index in [1.54, 1.807) is 11.8 Å². The third-order valence-electron chi connectivity index (χ3n) is 2.31. The number of rotatable bonds is 11. The third kappa shape index (κ3) is 6.95. The van der Waals surface area contributed by atoms with Gasteiger partial charge in [-0.3, -0.25) is 0 Å². The molecule has 0 saturated carbocycles. The fraction of sp³-hybridized carbons (Fsp3) is 0.385. The molecule has 0 N–H and O–H groups in total. The van der Waals surface area contributed by atoms with E-state index in [-0.39, 0.29) is 6.01 Å². The molecule has 0 radical (unpaired) electrons. The van der Waals surface area contributed by atoms with Crippen molar-refractivity contribution in [1.29, 1.82) is 0 Å². The topological polar surface area (TPSA) is 70.5 Å². The van der Waals surface area contributed by atoms with E-state index in [0.29, 0.717) is 13.2 Å². The van der Waals surface area contributed by atoms with Crippen molar-refractivity contribution in [2.75, 3.05) is 13.2 Å². The highest BCUT2D eigenvalue weighted by atomic mass is 33.1. The number of hydrogen-bond donors (Lipinski definition) is 0. The fourth-order valence-electron chi connectivity index (χ4n) is 1.39. The van der Waals surface area contributed by atoms with Gasteiger partial charge >= 0.3 is 11.8 Å². The Balaban J connectivity index is 1.93. The van der Waals surface area contributed by atoms with Crippen LogP contribution in [0.5, 0.6) is 6.01 Å². The molecule has 0 atom stereocenters. The molecule has 132 valence electrons. The summed E-state index contributed by atoms with van der Waals surface area (Å²) in [5.74, 6) is -2.49. The first-order valence-corrected chi connectivity index (χ1v) is 13.2. The van der Waals surface area contributed by atoms with Gasteiger partial charge < -0.3 is 12.9 Å². The van der Waals surface area contributed by atoms with Gasteiger partial charge in [0.15, 0.2) is 4.34 Å². The van der Waals surface area contributed by atoms with Gasteiger partial charge in [0.1, 0.15) is 23.3 Å². The Morgan fingerprint density at radius 1 is 1.12 bits per heavy atom. The number of nitrogens with zero attached hydrogens (tertiary/aromatic N) is 2. The summed E-state index contributed by atoms with van der Waals surface area (Å²) in [4.78, 5) is 4.26. The molecule has 0 bridgehead atoms. The molecule has 1 aromatic carbocycles. The lowest BCUT2D eigenvalue weighted by molar-refractivity contribution is 0.396. The molecule has 0 saturated heterocycles. The average Bonchev–Trinajstić information content (AvgIpc) is 3.04. The lowest BCUT2D eigenvalue weighted by atomic mass is 10.2. The predicted molar refractivity (Wildman–Crippen MR) is 103 cm³/mol. The largest absolute Gasteiger partial charge is 0.414 e. The van der Waals surface area contributed by atoms with Crippen LogP contribution in [0.1, 0.15) is 19.4 Å². The summed E-state index contributed by atoms with van der Waals surface area (Å²) in [5.41, 5.74) is 1.20. The van der Waals surface area contributed by atoms with Crippen LogP contribution in [0.25, 0.3) is 0 Å². The maximum Gasteiger partial charge on any atom is 0.414 e. The van der Waals surface area contributed by atoms with E-state index in [0.717, 1.165) is 33.4 Å². The van der Waals surface area contributed by atoms with Crippen LogP contribution in [-0.4, -0.2) is 22.6 Å². The summed E-state index contributed by atoms with van der Waals surface area (Å²) < 4.78 is 33.3. The molecule has 24 heavy (non-hydrogen) atoms. The van der Waals surface area contributed by atoms with Gasteiger partial charge in [0.05, 0.1) is 13.2 Å². The molecule has 6 nitrogen and oxygen atoms in total. The monoisotopic (exact) mass is 424 g/mol. The summed E-state index contributed by atoms with van der Waals surface area (Å²) in [6.07, 6.45) is 0. The number of benzene rings is 1. The zero-order chi connectivity index (χ0) is 17.3. The van der Waals surface area contributed by atoms with Crippen molar-refractivity contribution in [3.05, 3.63) is 35.9 Å².